The fraction of sp³-hybridized carbons (Fsp3) is 0.500. The van der Waals surface area contributed by atoms with Crippen LogP contribution in [0.1, 0.15) is 12.8 Å². The molecule has 0 radical (unpaired) electrons. The van der Waals surface area contributed by atoms with Crippen molar-refractivity contribution in [2.24, 2.45) is 0 Å². The molecule has 3 heteroatoms. The first kappa shape index (κ1) is 11.2. The third-order valence-electron chi connectivity index (χ3n) is 2.66. The molecule has 0 bridgehead atoms. The van der Waals surface area contributed by atoms with Crippen molar-refractivity contribution in [2.45, 2.75) is 23.8 Å². The Kier molecular flexibility index (Phi) is 4.27. The van der Waals surface area contributed by atoms with Crippen molar-refractivity contribution in [3.63, 3.8) is 0 Å². The third-order valence-corrected chi connectivity index (χ3v) is 4.44. The lowest BCUT2D eigenvalue weighted by atomic mass is 10.1. The maximum Gasteiger partial charge on any atom is 0.0353 e. The maximum absolute atomic E-state index is 3.63. The molecule has 0 aliphatic carbocycles. The first-order valence-corrected chi connectivity index (χ1v) is 7.75. The van der Waals surface area contributed by atoms with Gasteiger partial charge in [0.25, 0.3) is 0 Å². The van der Waals surface area contributed by atoms with Gasteiger partial charge in [-0.1, -0.05) is 6.07 Å². The van der Waals surface area contributed by atoms with E-state index >= 15 is 0 Å². The summed E-state index contributed by atoms with van der Waals surface area (Å²) in [6, 6.07) is 9.38. The van der Waals surface area contributed by atoms with Crippen LogP contribution in [-0.4, -0.2) is 23.8 Å². The molecule has 1 saturated heterocycles. The summed E-state index contributed by atoms with van der Waals surface area (Å²) in [5, 5.41) is 3.63. The van der Waals surface area contributed by atoms with Crippen molar-refractivity contribution in [1.29, 1.82) is 0 Å². The van der Waals surface area contributed by atoms with Crippen molar-refractivity contribution < 1.29 is 0 Å². The smallest absolute Gasteiger partial charge is 0.0353 e. The zero-order valence-electron chi connectivity index (χ0n) is 9.03. The number of anilines is 1. The van der Waals surface area contributed by atoms with Crippen molar-refractivity contribution in [1.82, 2.24) is 0 Å². The van der Waals surface area contributed by atoms with Crippen LogP contribution < -0.4 is 5.32 Å². The van der Waals surface area contributed by atoms with E-state index < -0.39 is 0 Å². The van der Waals surface area contributed by atoms with Crippen LogP contribution in [0.15, 0.2) is 29.2 Å². The van der Waals surface area contributed by atoms with Gasteiger partial charge >= 0.3 is 0 Å². The maximum atomic E-state index is 3.63. The summed E-state index contributed by atoms with van der Waals surface area (Å²) in [5.41, 5.74) is 1.28. The van der Waals surface area contributed by atoms with Gasteiger partial charge in [0.1, 0.15) is 0 Å². The molecule has 1 aromatic carbocycles. The molecule has 1 aromatic rings. The topological polar surface area (TPSA) is 12.0 Å². The molecule has 0 atom stereocenters. The van der Waals surface area contributed by atoms with Crippen molar-refractivity contribution in [2.75, 3.05) is 23.1 Å². The highest BCUT2D eigenvalue weighted by atomic mass is 32.2. The second kappa shape index (κ2) is 5.71. The van der Waals surface area contributed by atoms with Gasteiger partial charge in [-0.15, -0.1) is 11.8 Å². The number of rotatable bonds is 3. The first-order valence-electron chi connectivity index (χ1n) is 5.37. The minimum Gasteiger partial charge on any atom is -0.382 e. The Morgan fingerprint density at radius 2 is 2.13 bits per heavy atom. The van der Waals surface area contributed by atoms with Crippen molar-refractivity contribution >= 4 is 29.2 Å². The number of hydrogen-bond acceptors (Lipinski definition) is 3. The fourth-order valence-electron chi connectivity index (χ4n) is 1.79. The lowest BCUT2D eigenvalue weighted by Crippen LogP contribution is -2.24. The van der Waals surface area contributed by atoms with Crippen LogP contribution in [0.3, 0.4) is 0 Å². The van der Waals surface area contributed by atoms with E-state index in [0.29, 0.717) is 6.04 Å². The van der Waals surface area contributed by atoms with Gasteiger partial charge in [-0.3, -0.25) is 0 Å². The van der Waals surface area contributed by atoms with E-state index in [1.54, 1.807) is 11.8 Å². The average Bonchev–Trinajstić information content (AvgIpc) is 2.31. The van der Waals surface area contributed by atoms with Gasteiger partial charge in [0.2, 0.25) is 0 Å². The van der Waals surface area contributed by atoms with Crippen LogP contribution in [0.4, 0.5) is 5.69 Å². The molecule has 82 valence electrons. The Morgan fingerprint density at radius 1 is 1.33 bits per heavy atom. The fourth-order valence-corrected chi connectivity index (χ4v) is 3.36. The molecule has 1 heterocycles. The second-order valence-electron chi connectivity index (χ2n) is 3.76. The van der Waals surface area contributed by atoms with Crippen LogP contribution in [0.2, 0.25) is 0 Å². The Balaban J connectivity index is 1.96. The highest BCUT2D eigenvalue weighted by Crippen LogP contribution is 2.23. The zero-order chi connectivity index (χ0) is 10.5. The van der Waals surface area contributed by atoms with Crippen LogP contribution in [0, 0.1) is 0 Å². The number of hydrogen-bond donors (Lipinski definition) is 1. The van der Waals surface area contributed by atoms with Gasteiger partial charge in [0.05, 0.1) is 0 Å². The van der Waals surface area contributed by atoms with Crippen LogP contribution in [0.25, 0.3) is 0 Å². The molecule has 0 aromatic heterocycles. The summed E-state index contributed by atoms with van der Waals surface area (Å²) in [6.45, 7) is 0. The van der Waals surface area contributed by atoms with Crippen molar-refractivity contribution in [3.05, 3.63) is 24.3 Å². The molecule has 0 amide bonds. The molecule has 1 aliphatic heterocycles. The van der Waals surface area contributed by atoms with E-state index in [4.69, 9.17) is 0 Å². The largest absolute Gasteiger partial charge is 0.382 e. The summed E-state index contributed by atoms with van der Waals surface area (Å²) >= 11 is 3.87. The quantitative estimate of drug-likeness (QED) is 0.808. The Bertz CT molecular complexity index is 308. The SMILES string of the molecule is CSc1cccc(NC2CCSCC2)c1. The van der Waals surface area contributed by atoms with Gasteiger partial charge in [-0.05, 0) is 48.8 Å². The summed E-state index contributed by atoms with van der Waals surface area (Å²) in [7, 11) is 0. The summed E-state index contributed by atoms with van der Waals surface area (Å²) in [5.74, 6) is 2.61. The van der Waals surface area contributed by atoms with Gasteiger partial charge < -0.3 is 5.32 Å². The van der Waals surface area contributed by atoms with E-state index in [1.165, 1.54) is 34.9 Å². The minimum atomic E-state index is 0.684. The van der Waals surface area contributed by atoms with E-state index in [0.717, 1.165) is 0 Å². The Morgan fingerprint density at radius 3 is 2.87 bits per heavy atom. The first-order chi connectivity index (χ1) is 7.38. The van der Waals surface area contributed by atoms with Gasteiger partial charge in [-0.25, -0.2) is 0 Å². The predicted octanol–water partition coefficient (Wildman–Crippen LogP) is 3.72. The second-order valence-corrected chi connectivity index (χ2v) is 5.87. The number of thioether (sulfide) groups is 2. The highest BCUT2D eigenvalue weighted by molar-refractivity contribution is 7.99. The molecule has 1 nitrogen and oxygen atoms in total. The third kappa shape index (κ3) is 3.35. The average molecular weight is 239 g/mol. The molecule has 1 fully saturated rings. The van der Waals surface area contributed by atoms with Crippen molar-refractivity contribution in [3.8, 4) is 0 Å². The number of benzene rings is 1. The van der Waals surface area contributed by atoms with E-state index in [1.807, 2.05) is 0 Å². The van der Waals surface area contributed by atoms with E-state index in [9.17, 15) is 0 Å². The molecule has 1 aliphatic rings. The van der Waals surface area contributed by atoms with E-state index in [-0.39, 0.29) is 0 Å². The molecule has 15 heavy (non-hydrogen) atoms. The van der Waals surface area contributed by atoms with Crippen LogP contribution in [-0.2, 0) is 0 Å². The van der Waals surface area contributed by atoms with Gasteiger partial charge in [0.15, 0.2) is 0 Å². The Labute approximate surface area is 100 Å². The number of nitrogens with one attached hydrogen (secondary N) is 1. The normalized spacial score (nSPS) is 17.7. The molecule has 0 saturated carbocycles. The van der Waals surface area contributed by atoms with Gasteiger partial charge in [-0.2, -0.15) is 11.8 Å². The van der Waals surface area contributed by atoms with Crippen LogP contribution in [0.5, 0.6) is 0 Å². The summed E-state index contributed by atoms with van der Waals surface area (Å²) < 4.78 is 0. The lowest BCUT2D eigenvalue weighted by molar-refractivity contribution is 0.666. The molecular formula is C12H17NS2. The molecule has 0 spiro atoms. The minimum absolute atomic E-state index is 0.684. The standard InChI is InChI=1S/C12H17NS2/c1-14-12-4-2-3-11(9-12)13-10-5-7-15-8-6-10/h2-4,9-10,13H,5-8H2,1H3. The molecular weight excluding hydrogens is 222 g/mol. The zero-order valence-corrected chi connectivity index (χ0v) is 10.7. The van der Waals surface area contributed by atoms with E-state index in [2.05, 4.69) is 47.6 Å². The highest BCUT2D eigenvalue weighted by Gasteiger charge is 2.12. The molecule has 2 rings (SSSR count). The molecule has 1 N–H and O–H groups in total. The van der Waals surface area contributed by atoms with Crippen LogP contribution >= 0.6 is 23.5 Å². The summed E-state index contributed by atoms with van der Waals surface area (Å²) in [4.78, 5) is 1.34. The summed E-state index contributed by atoms with van der Waals surface area (Å²) in [6.07, 6.45) is 4.72. The van der Waals surface area contributed by atoms with Gasteiger partial charge in [0, 0.05) is 16.6 Å². The molecule has 0 unspecified atom stereocenters. The monoisotopic (exact) mass is 239 g/mol. The lowest BCUT2D eigenvalue weighted by Gasteiger charge is -2.23. The predicted molar refractivity (Wildman–Crippen MR) is 72.2 cm³/mol. The Hall–Kier alpha value is -0.280.